The Morgan fingerprint density at radius 1 is 1.11 bits per heavy atom. The van der Waals surface area contributed by atoms with E-state index < -0.39 is 8.56 Å². The largest absolute Gasteiger partial charge is 0.398 e. The van der Waals surface area contributed by atoms with Crippen LogP contribution in [0.2, 0.25) is 12.6 Å². The third kappa shape index (κ3) is 4.33. The van der Waals surface area contributed by atoms with Gasteiger partial charge in [0.1, 0.15) is 0 Å². The lowest BCUT2D eigenvalue weighted by Gasteiger charge is -2.31. The third-order valence-corrected chi connectivity index (χ3v) is 6.82. The molecule has 1 saturated heterocycles. The van der Waals surface area contributed by atoms with Crippen molar-refractivity contribution in [3.05, 3.63) is 30.3 Å². The van der Waals surface area contributed by atoms with Crippen LogP contribution in [0.25, 0.3) is 0 Å². The molecule has 0 aliphatic carbocycles. The van der Waals surface area contributed by atoms with Gasteiger partial charge in [-0.15, -0.1) is 0 Å². The maximum atomic E-state index is 6.08. The quantitative estimate of drug-likeness (QED) is 0.774. The van der Waals surface area contributed by atoms with Crippen molar-refractivity contribution in [3.63, 3.8) is 0 Å². The van der Waals surface area contributed by atoms with Gasteiger partial charge in [-0.3, -0.25) is 0 Å². The van der Waals surface area contributed by atoms with E-state index in [1.165, 1.54) is 24.9 Å². The van der Waals surface area contributed by atoms with Gasteiger partial charge in [-0.25, -0.2) is 0 Å². The standard InChI is InChI=1S/C15H25NO2Si/c1-17-19(2)14-8-4-7-11-16(12-13-18-19)15-9-5-3-6-10-15/h3,5-6,9-10H,4,7-8,11-14H2,1-2H3. The lowest BCUT2D eigenvalue weighted by Crippen LogP contribution is -2.41. The molecule has 0 N–H and O–H groups in total. The molecule has 2 rings (SSSR count). The van der Waals surface area contributed by atoms with Crippen LogP contribution in [-0.4, -0.2) is 35.4 Å². The maximum absolute atomic E-state index is 6.08. The Labute approximate surface area is 117 Å². The predicted molar refractivity (Wildman–Crippen MR) is 81.9 cm³/mol. The molecule has 1 atom stereocenters. The molecule has 3 nitrogen and oxygen atoms in total. The van der Waals surface area contributed by atoms with E-state index in [-0.39, 0.29) is 0 Å². The number of nitrogens with zero attached hydrogens (tertiary/aromatic N) is 1. The van der Waals surface area contributed by atoms with Crippen LogP contribution in [0.15, 0.2) is 30.3 Å². The molecule has 1 aromatic carbocycles. The van der Waals surface area contributed by atoms with Crippen LogP contribution in [0.5, 0.6) is 0 Å². The smallest absolute Gasteiger partial charge is 0.334 e. The molecule has 0 spiro atoms. The van der Waals surface area contributed by atoms with E-state index >= 15 is 0 Å². The van der Waals surface area contributed by atoms with Crippen molar-refractivity contribution in [2.75, 3.05) is 31.7 Å². The van der Waals surface area contributed by atoms with Gasteiger partial charge in [0.15, 0.2) is 0 Å². The molecule has 19 heavy (non-hydrogen) atoms. The van der Waals surface area contributed by atoms with E-state index in [4.69, 9.17) is 8.85 Å². The van der Waals surface area contributed by atoms with Crippen molar-refractivity contribution in [2.45, 2.75) is 31.9 Å². The van der Waals surface area contributed by atoms with E-state index in [1.54, 1.807) is 7.11 Å². The Bertz CT molecular complexity index is 374. The third-order valence-electron chi connectivity index (χ3n) is 3.88. The van der Waals surface area contributed by atoms with Crippen molar-refractivity contribution in [1.82, 2.24) is 0 Å². The van der Waals surface area contributed by atoms with Gasteiger partial charge in [0.25, 0.3) is 0 Å². The summed E-state index contributed by atoms with van der Waals surface area (Å²) in [5, 5.41) is 0. The molecule has 1 aromatic rings. The first-order valence-electron chi connectivity index (χ1n) is 7.23. The molecule has 1 fully saturated rings. The predicted octanol–water partition coefficient (Wildman–Crippen LogP) is 3.41. The lowest BCUT2D eigenvalue weighted by atomic mass is 10.2. The first-order chi connectivity index (χ1) is 9.23. The van der Waals surface area contributed by atoms with Crippen LogP contribution < -0.4 is 4.90 Å². The van der Waals surface area contributed by atoms with Crippen molar-refractivity contribution >= 4 is 14.2 Å². The number of anilines is 1. The highest BCUT2D eigenvalue weighted by atomic mass is 28.4. The number of hydrogen-bond acceptors (Lipinski definition) is 3. The Balaban J connectivity index is 1.99. The van der Waals surface area contributed by atoms with Gasteiger partial charge in [0.2, 0.25) is 0 Å². The van der Waals surface area contributed by atoms with Gasteiger partial charge in [-0.05, 0) is 31.1 Å². The molecule has 1 unspecified atom stereocenters. The first-order valence-corrected chi connectivity index (χ1v) is 9.75. The highest BCUT2D eigenvalue weighted by molar-refractivity contribution is 6.65. The van der Waals surface area contributed by atoms with Crippen LogP contribution in [0.3, 0.4) is 0 Å². The number of para-hydroxylation sites is 1. The highest BCUT2D eigenvalue weighted by Gasteiger charge is 2.30. The number of benzene rings is 1. The SMILES string of the molecule is CO[Si]1(C)CCCCCN(c2ccccc2)CCO1. The minimum atomic E-state index is -1.90. The summed E-state index contributed by atoms with van der Waals surface area (Å²) in [4.78, 5) is 2.43. The van der Waals surface area contributed by atoms with Gasteiger partial charge in [-0.1, -0.05) is 31.0 Å². The average molecular weight is 279 g/mol. The Kier molecular flexibility index (Phi) is 5.42. The van der Waals surface area contributed by atoms with E-state index in [9.17, 15) is 0 Å². The van der Waals surface area contributed by atoms with E-state index in [2.05, 4.69) is 41.8 Å². The zero-order valence-electron chi connectivity index (χ0n) is 12.1. The molecule has 4 heteroatoms. The first kappa shape index (κ1) is 14.6. The van der Waals surface area contributed by atoms with Crippen molar-refractivity contribution in [3.8, 4) is 0 Å². The average Bonchev–Trinajstić information content (AvgIpc) is 2.46. The second-order valence-electron chi connectivity index (χ2n) is 5.32. The Morgan fingerprint density at radius 2 is 1.89 bits per heavy atom. The van der Waals surface area contributed by atoms with E-state index in [1.807, 2.05) is 0 Å². The molecule has 106 valence electrons. The van der Waals surface area contributed by atoms with Gasteiger partial charge in [0.05, 0.1) is 6.61 Å². The van der Waals surface area contributed by atoms with Gasteiger partial charge in [0, 0.05) is 25.9 Å². The molecule has 0 amide bonds. The van der Waals surface area contributed by atoms with Crippen molar-refractivity contribution in [2.24, 2.45) is 0 Å². The molecule has 0 radical (unpaired) electrons. The summed E-state index contributed by atoms with van der Waals surface area (Å²) >= 11 is 0. The van der Waals surface area contributed by atoms with Crippen LogP contribution in [0.1, 0.15) is 19.3 Å². The summed E-state index contributed by atoms with van der Waals surface area (Å²) in [6.45, 7) is 5.03. The Hall–Kier alpha value is -0.843. The molecular weight excluding hydrogens is 254 g/mol. The minimum absolute atomic E-state index is 0.769. The van der Waals surface area contributed by atoms with Crippen molar-refractivity contribution in [1.29, 1.82) is 0 Å². The summed E-state index contributed by atoms with van der Waals surface area (Å²) in [5.41, 5.74) is 1.30. The fraction of sp³-hybridized carbons (Fsp3) is 0.600. The Morgan fingerprint density at radius 3 is 2.63 bits per heavy atom. The molecule has 1 aliphatic heterocycles. The fourth-order valence-corrected chi connectivity index (χ4v) is 4.42. The molecule has 0 aromatic heterocycles. The van der Waals surface area contributed by atoms with Crippen LogP contribution >= 0.6 is 0 Å². The van der Waals surface area contributed by atoms with E-state index in [0.29, 0.717) is 0 Å². The highest BCUT2D eigenvalue weighted by Crippen LogP contribution is 2.21. The fourth-order valence-electron chi connectivity index (χ4n) is 2.54. The molecule has 1 heterocycles. The monoisotopic (exact) mass is 279 g/mol. The zero-order valence-corrected chi connectivity index (χ0v) is 13.1. The summed E-state index contributed by atoms with van der Waals surface area (Å²) in [7, 11) is -0.106. The van der Waals surface area contributed by atoms with Gasteiger partial charge >= 0.3 is 8.56 Å². The minimum Gasteiger partial charge on any atom is -0.398 e. The molecule has 1 aliphatic rings. The maximum Gasteiger partial charge on any atom is 0.334 e. The molecule has 0 saturated carbocycles. The topological polar surface area (TPSA) is 21.7 Å². The normalized spacial score (nSPS) is 26.1. The molecular formula is C15H25NO2Si. The van der Waals surface area contributed by atoms with Crippen LogP contribution in [0.4, 0.5) is 5.69 Å². The summed E-state index contributed by atoms with van der Waals surface area (Å²) in [5.74, 6) is 0. The second-order valence-corrected chi connectivity index (χ2v) is 8.78. The number of rotatable bonds is 2. The summed E-state index contributed by atoms with van der Waals surface area (Å²) in [6.07, 6.45) is 3.74. The van der Waals surface area contributed by atoms with Gasteiger partial charge in [-0.2, -0.15) is 0 Å². The van der Waals surface area contributed by atoms with Gasteiger partial charge < -0.3 is 13.8 Å². The summed E-state index contributed by atoms with van der Waals surface area (Å²) < 4.78 is 11.7. The number of hydrogen-bond donors (Lipinski definition) is 0. The molecule has 0 bridgehead atoms. The van der Waals surface area contributed by atoms with Crippen LogP contribution in [-0.2, 0) is 8.85 Å². The van der Waals surface area contributed by atoms with E-state index in [0.717, 1.165) is 25.7 Å². The van der Waals surface area contributed by atoms with Crippen LogP contribution in [0, 0.1) is 0 Å². The zero-order chi connectivity index (χ0) is 13.6. The lowest BCUT2D eigenvalue weighted by molar-refractivity contribution is 0.206. The van der Waals surface area contributed by atoms with Crippen molar-refractivity contribution < 1.29 is 8.85 Å². The second kappa shape index (κ2) is 7.08. The summed E-state index contributed by atoms with van der Waals surface area (Å²) in [6, 6.07) is 11.7.